The highest BCUT2D eigenvalue weighted by Gasteiger charge is 2.43. The van der Waals surface area contributed by atoms with Gasteiger partial charge in [0.1, 0.15) is 0 Å². The molecule has 3 unspecified atom stereocenters. The lowest BCUT2D eigenvalue weighted by Gasteiger charge is -2.45. The van der Waals surface area contributed by atoms with Crippen molar-refractivity contribution in [3.8, 4) is 0 Å². The minimum absolute atomic E-state index is 0.0635. The van der Waals surface area contributed by atoms with E-state index >= 15 is 0 Å². The van der Waals surface area contributed by atoms with Gasteiger partial charge in [-0.2, -0.15) is 13.2 Å². The smallest absolute Gasteiger partial charge is 0.394 e. The molecule has 96 valence electrons. The molecule has 2 N–H and O–H groups in total. The highest BCUT2D eigenvalue weighted by Crippen LogP contribution is 2.37. The first-order valence-corrected chi connectivity index (χ1v) is 5.73. The van der Waals surface area contributed by atoms with Gasteiger partial charge >= 0.3 is 6.18 Å². The Labute approximate surface area is 94.2 Å². The molecule has 1 rings (SSSR count). The van der Waals surface area contributed by atoms with Crippen LogP contribution >= 0.6 is 0 Å². The molecule has 3 atom stereocenters. The molecular formula is C11H20F3NO. The third-order valence-corrected chi connectivity index (χ3v) is 3.93. The third kappa shape index (κ3) is 3.10. The van der Waals surface area contributed by atoms with Crippen molar-refractivity contribution in [3.63, 3.8) is 0 Å². The van der Waals surface area contributed by atoms with Gasteiger partial charge in [0.05, 0.1) is 13.2 Å². The topological polar surface area (TPSA) is 32.3 Å². The van der Waals surface area contributed by atoms with Crippen LogP contribution in [0.5, 0.6) is 0 Å². The number of hydrogen-bond acceptors (Lipinski definition) is 2. The van der Waals surface area contributed by atoms with E-state index in [9.17, 15) is 18.3 Å². The Balaban J connectivity index is 2.68. The molecule has 2 nitrogen and oxygen atoms in total. The predicted octanol–water partition coefficient (Wildman–Crippen LogP) is 2.33. The van der Waals surface area contributed by atoms with E-state index in [2.05, 4.69) is 5.32 Å². The van der Waals surface area contributed by atoms with Gasteiger partial charge in [0.2, 0.25) is 0 Å². The van der Waals surface area contributed by atoms with E-state index < -0.39 is 18.3 Å². The van der Waals surface area contributed by atoms with Crippen LogP contribution in [0.2, 0.25) is 0 Å². The number of nitrogens with one attached hydrogen (secondary N) is 1. The summed E-state index contributed by atoms with van der Waals surface area (Å²) in [7, 11) is 0. The molecule has 1 saturated carbocycles. The van der Waals surface area contributed by atoms with Crippen LogP contribution in [0.4, 0.5) is 13.2 Å². The SMILES string of the molecule is CC1CCCC(CO)(NCC(F)(F)F)C1C. The van der Waals surface area contributed by atoms with Gasteiger partial charge in [-0.25, -0.2) is 0 Å². The monoisotopic (exact) mass is 239 g/mol. The Kier molecular flexibility index (Phi) is 4.23. The Morgan fingerprint density at radius 2 is 2.00 bits per heavy atom. The molecule has 0 amide bonds. The first-order chi connectivity index (χ1) is 7.31. The van der Waals surface area contributed by atoms with E-state index in [1.165, 1.54) is 0 Å². The van der Waals surface area contributed by atoms with Crippen LogP contribution in [-0.4, -0.2) is 30.0 Å². The van der Waals surface area contributed by atoms with Crippen LogP contribution in [0.3, 0.4) is 0 Å². The second-order valence-electron chi connectivity index (χ2n) is 4.94. The van der Waals surface area contributed by atoms with Crippen molar-refractivity contribution >= 4 is 0 Å². The molecule has 0 aromatic rings. The molecule has 0 spiro atoms. The Bertz CT molecular complexity index is 232. The number of alkyl halides is 3. The van der Waals surface area contributed by atoms with Gasteiger partial charge in [0.25, 0.3) is 0 Å². The summed E-state index contributed by atoms with van der Waals surface area (Å²) in [6, 6.07) is 0. The van der Waals surface area contributed by atoms with Crippen LogP contribution in [0, 0.1) is 11.8 Å². The third-order valence-electron chi connectivity index (χ3n) is 3.93. The molecule has 0 bridgehead atoms. The number of aliphatic hydroxyl groups excluding tert-OH is 1. The molecule has 0 saturated heterocycles. The van der Waals surface area contributed by atoms with E-state index in [0.29, 0.717) is 12.3 Å². The summed E-state index contributed by atoms with van der Waals surface area (Å²) >= 11 is 0. The first kappa shape index (κ1) is 13.8. The van der Waals surface area contributed by atoms with Crippen molar-refractivity contribution in [2.24, 2.45) is 11.8 Å². The lowest BCUT2D eigenvalue weighted by Crippen LogP contribution is -2.59. The maximum atomic E-state index is 12.2. The average molecular weight is 239 g/mol. The lowest BCUT2D eigenvalue weighted by atomic mass is 9.68. The van der Waals surface area contributed by atoms with Gasteiger partial charge in [-0.15, -0.1) is 0 Å². The van der Waals surface area contributed by atoms with Crippen LogP contribution < -0.4 is 5.32 Å². The van der Waals surface area contributed by atoms with Gasteiger partial charge < -0.3 is 10.4 Å². The van der Waals surface area contributed by atoms with Crippen molar-refractivity contribution in [2.45, 2.75) is 44.8 Å². The van der Waals surface area contributed by atoms with E-state index in [1.807, 2.05) is 13.8 Å². The van der Waals surface area contributed by atoms with Crippen molar-refractivity contribution in [1.82, 2.24) is 5.32 Å². The predicted molar refractivity (Wildman–Crippen MR) is 56.1 cm³/mol. The maximum absolute atomic E-state index is 12.2. The number of hydrogen-bond donors (Lipinski definition) is 2. The standard InChI is InChI=1S/C11H20F3NO/c1-8-4-3-5-10(7-16,9(8)2)15-6-11(12,13)14/h8-9,15-16H,3-7H2,1-2H3. The van der Waals surface area contributed by atoms with E-state index in [1.54, 1.807) is 0 Å². The zero-order valence-corrected chi connectivity index (χ0v) is 9.77. The molecule has 0 heterocycles. The minimum Gasteiger partial charge on any atom is -0.394 e. The van der Waals surface area contributed by atoms with E-state index in [0.717, 1.165) is 12.8 Å². The van der Waals surface area contributed by atoms with Gasteiger partial charge in [-0.3, -0.25) is 0 Å². The average Bonchev–Trinajstić information content (AvgIpc) is 2.20. The molecule has 5 heteroatoms. The summed E-state index contributed by atoms with van der Waals surface area (Å²) < 4.78 is 36.6. The minimum atomic E-state index is -4.22. The molecule has 1 aliphatic rings. The normalized spacial score (nSPS) is 36.4. The molecule has 0 radical (unpaired) electrons. The number of rotatable bonds is 3. The van der Waals surface area contributed by atoms with Crippen molar-refractivity contribution in [2.75, 3.05) is 13.2 Å². The van der Waals surface area contributed by atoms with Gasteiger partial charge in [-0.1, -0.05) is 26.7 Å². The molecular weight excluding hydrogens is 219 g/mol. The molecule has 1 fully saturated rings. The fourth-order valence-electron chi connectivity index (χ4n) is 2.57. The summed E-state index contributed by atoms with van der Waals surface area (Å²) in [4.78, 5) is 0. The Hall–Kier alpha value is -0.290. The number of aliphatic hydroxyl groups is 1. The summed E-state index contributed by atoms with van der Waals surface area (Å²) in [6.07, 6.45) is -1.71. The van der Waals surface area contributed by atoms with Crippen molar-refractivity contribution in [1.29, 1.82) is 0 Å². The molecule has 0 aromatic heterocycles. The second-order valence-corrected chi connectivity index (χ2v) is 4.94. The first-order valence-electron chi connectivity index (χ1n) is 5.73. The maximum Gasteiger partial charge on any atom is 0.401 e. The fraction of sp³-hybridized carbons (Fsp3) is 1.00. The molecule has 0 aliphatic heterocycles. The molecule has 0 aromatic carbocycles. The fourth-order valence-corrected chi connectivity index (χ4v) is 2.57. The highest BCUT2D eigenvalue weighted by molar-refractivity contribution is 4.97. The highest BCUT2D eigenvalue weighted by atomic mass is 19.4. The van der Waals surface area contributed by atoms with Crippen LogP contribution in [0.25, 0.3) is 0 Å². The summed E-state index contributed by atoms with van der Waals surface area (Å²) in [5.41, 5.74) is -0.757. The largest absolute Gasteiger partial charge is 0.401 e. The van der Waals surface area contributed by atoms with Gasteiger partial charge in [0, 0.05) is 5.54 Å². The second kappa shape index (κ2) is 4.92. The van der Waals surface area contributed by atoms with Crippen molar-refractivity contribution < 1.29 is 18.3 Å². The zero-order chi connectivity index (χ0) is 12.4. The van der Waals surface area contributed by atoms with Gasteiger partial charge in [-0.05, 0) is 18.3 Å². The quantitative estimate of drug-likeness (QED) is 0.792. The molecule has 1 aliphatic carbocycles. The summed E-state index contributed by atoms with van der Waals surface area (Å²) in [6.45, 7) is 2.70. The van der Waals surface area contributed by atoms with Gasteiger partial charge in [0.15, 0.2) is 0 Å². The van der Waals surface area contributed by atoms with Crippen LogP contribution in [0.15, 0.2) is 0 Å². The lowest BCUT2D eigenvalue weighted by molar-refractivity contribution is -0.134. The number of halogens is 3. The Morgan fingerprint density at radius 3 is 2.50 bits per heavy atom. The summed E-state index contributed by atoms with van der Waals surface area (Å²) in [5, 5.41) is 11.9. The van der Waals surface area contributed by atoms with Crippen LogP contribution in [0.1, 0.15) is 33.1 Å². The van der Waals surface area contributed by atoms with Crippen LogP contribution in [-0.2, 0) is 0 Å². The van der Waals surface area contributed by atoms with E-state index in [4.69, 9.17) is 0 Å². The Morgan fingerprint density at radius 1 is 1.38 bits per heavy atom. The zero-order valence-electron chi connectivity index (χ0n) is 9.77. The summed E-state index contributed by atoms with van der Waals surface area (Å²) in [5.74, 6) is 0.412. The molecule has 16 heavy (non-hydrogen) atoms. The van der Waals surface area contributed by atoms with Crippen molar-refractivity contribution in [3.05, 3.63) is 0 Å². The van der Waals surface area contributed by atoms with E-state index in [-0.39, 0.29) is 12.5 Å².